The average molecular weight is 543 g/mol. The maximum absolute atomic E-state index is 12.7. The molecule has 2 aliphatic rings. The van der Waals surface area contributed by atoms with E-state index in [-0.39, 0.29) is 17.7 Å². The molecule has 2 fully saturated rings. The molecule has 0 spiro atoms. The fourth-order valence-corrected chi connectivity index (χ4v) is 4.66. The van der Waals surface area contributed by atoms with E-state index in [4.69, 9.17) is 25.6 Å². The third kappa shape index (κ3) is 7.91. The molecule has 9 nitrogen and oxygen atoms in total. The number of rotatable bonds is 11. The predicted molar refractivity (Wildman–Crippen MR) is 159 cm³/mol. The Morgan fingerprint density at radius 1 is 1.20 bits per heavy atom. The van der Waals surface area contributed by atoms with Crippen molar-refractivity contribution in [3.63, 3.8) is 0 Å². The van der Waals surface area contributed by atoms with Gasteiger partial charge in [-0.3, -0.25) is 15.2 Å². The van der Waals surface area contributed by atoms with Gasteiger partial charge in [0.1, 0.15) is 17.3 Å². The first-order valence-corrected chi connectivity index (χ1v) is 13.6. The fraction of sp³-hybridized carbons (Fsp3) is 0.323. The molecule has 0 aromatic heterocycles. The van der Waals surface area contributed by atoms with Crippen molar-refractivity contribution in [3.8, 4) is 11.5 Å². The van der Waals surface area contributed by atoms with Crippen molar-refractivity contribution in [2.75, 3.05) is 32.8 Å². The lowest BCUT2D eigenvalue weighted by Gasteiger charge is -2.17. The molecule has 210 valence electrons. The number of likely N-dealkylation sites (tertiary alicyclic amines) is 1. The topological polar surface area (TPSA) is 125 Å². The molecule has 2 heterocycles. The predicted octanol–water partition coefficient (Wildman–Crippen LogP) is 3.75. The summed E-state index contributed by atoms with van der Waals surface area (Å²) >= 11 is 0. The van der Waals surface area contributed by atoms with E-state index < -0.39 is 0 Å². The van der Waals surface area contributed by atoms with Gasteiger partial charge in [-0.2, -0.15) is 0 Å². The number of benzene rings is 2. The van der Waals surface area contributed by atoms with E-state index in [1.807, 2.05) is 60.7 Å². The van der Waals surface area contributed by atoms with E-state index in [0.717, 1.165) is 31.8 Å². The summed E-state index contributed by atoms with van der Waals surface area (Å²) in [5.74, 6) is 1.84. The normalized spacial score (nSPS) is 19.9. The second kappa shape index (κ2) is 14.3. The van der Waals surface area contributed by atoms with Crippen LogP contribution >= 0.6 is 0 Å². The van der Waals surface area contributed by atoms with Gasteiger partial charge in [-0.15, -0.1) is 0 Å². The van der Waals surface area contributed by atoms with E-state index in [1.54, 1.807) is 17.9 Å². The zero-order valence-electron chi connectivity index (χ0n) is 22.9. The van der Waals surface area contributed by atoms with Gasteiger partial charge in [-0.1, -0.05) is 30.9 Å². The highest BCUT2D eigenvalue weighted by molar-refractivity contribution is 6.29. The van der Waals surface area contributed by atoms with Crippen LogP contribution in [-0.4, -0.2) is 67.3 Å². The Labute approximate surface area is 236 Å². The van der Waals surface area contributed by atoms with E-state index in [0.29, 0.717) is 54.1 Å². The number of nitrogens with zero attached hydrogens (tertiary/aromatic N) is 2. The zero-order chi connectivity index (χ0) is 28.3. The molecule has 0 bridgehead atoms. The Balaban J connectivity index is 1.40. The van der Waals surface area contributed by atoms with Gasteiger partial charge in [0.15, 0.2) is 0 Å². The van der Waals surface area contributed by atoms with Crippen molar-refractivity contribution < 1.29 is 14.3 Å². The number of hydrogen-bond acceptors (Lipinski definition) is 7. The van der Waals surface area contributed by atoms with Gasteiger partial charge in [0.2, 0.25) is 5.91 Å². The number of ether oxygens (including phenoxy) is 2. The maximum atomic E-state index is 12.7. The molecule has 5 N–H and O–H groups in total. The van der Waals surface area contributed by atoms with Crippen molar-refractivity contribution in [1.29, 1.82) is 5.41 Å². The van der Waals surface area contributed by atoms with Crippen molar-refractivity contribution in [3.05, 3.63) is 96.4 Å². The third-order valence-corrected chi connectivity index (χ3v) is 6.74. The minimum atomic E-state index is -0.127. The van der Waals surface area contributed by atoms with E-state index in [2.05, 4.69) is 17.2 Å². The molecule has 9 heteroatoms. The van der Waals surface area contributed by atoms with Crippen LogP contribution < -0.4 is 21.1 Å². The van der Waals surface area contributed by atoms with Crippen LogP contribution in [0.3, 0.4) is 0 Å². The molecule has 2 unspecified atom stereocenters. The number of nitrogens with one attached hydrogen (secondary N) is 3. The average Bonchev–Trinajstić information content (AvgIpc) is 3.65. The quantitative estimate of drug-likeness (QED) is 0.195. The number of amidine groups is 1. The Kier molecular flexibility index (Phi) is 10.3. The molecule has 1 amide bonds. The summed E-state index contributed by atoms with van der Waals surface area (Å²) in [7, 11) is 0. The second-order valence-electron chi connectivity index (χ2n) is 9.80. The number of para-hydroxylation sites is 1. The number of hydrogen-bond donors (Lipinski definition) is 4. The van der Waals surface area contributed by atoms with Crippen LogP contribution in [0.25, 0.3) is 0 Å². The van der Waals surface area contributed by atoms with Gasteiger partial charge < -0.3 is 30.7 Å². The third-order valence-electron chi connectivity index (χ3n) is 6.74. The molecule has 2 aromatic rings. The standard InChI is InChI=1S/C31H38N6O3/c1-3-34-31(36-24-15-18-37(20-24)28(38)10-7-17-35-25-16-19-39-21-25)29(22(2)32)30(33)23-11-13-27(14-12-23)40-26-8-5-4-6-9-26/h3-14,24-25,33,35H,1,15-21,32H2,2H3,(H,34,36)/b10-7+,29-22+,33-30?. The highest BCUT2D eigenvalue weighted by Crippen LogP contribution is 2.23. The Morgan fingerprint density at radius 2 is 1.95 bits per heavy atom. The van der Waals surface area contributed by atoms with Crippen molar-refractivity contribution in [2.24, 2.45) is 10.7 Å². The lowest BCUT2D eigenvalue weighted by atomic mass is 9.99. The van der Waals surface area contributed by atoms with Crippen molar-refractivity contribution in [1.82, 2.24) is 15.5 Å². The van der Waals surface area contributed by atoms with Crippen molar-refractivity contribution >= 4 is 17.5 Å². The minimum absolute atomic E-state index is 0.0308. The lowest BCUT2D eigenvalue weighted by Crippen LogP contribution is -2.31. The Hall–Kier alpha value is -4.21. The largest absolute Gasteiger partial charge is 0.457 e. The van der Waals surface area contributed by atoms with E-state index in [1.165, 1.54) is 6.20 Å². The molecular formula is C31H38N6O3. The van der Waals surface area contributed by atoms with E-state index >= 15 is 0 Å². The second-order valence-corrected chi connectivity index (χ2v) is 9.80. The lowest BCUT2D eigenvalue weighted by molar-refractivity contribution is -0.125. The Morgan fingerprint density at radius 3 is 2.62 bits per heavy atom. The number of amides is 1. The smallest absolute Gasteiger partial charge is 0.246 e. The minimum Gasteiger partial charge on any atom is -0.457 e. The van der Waals surface area contributed by atoms with Gasteiger partial charge in [-0.05, 0) is 62.4 Å². The molecule has 2 atom stereocenters. The molecule has 4 rings (SSSR count). The van der Waals surface area contributed by atoms with Crippen LogP contribution in [0.5, 0.6) is 11.5 Å². The Bertz CT molecular complexity index is 1260. The number of carbonyl (C=O) groups is 1. The number of allylic oxidation sites excluding steroid dienone is 1. The molecule has 0 aliphatic carbocycles. The number of carbonyl (C=O) groups excluding carboxylic acids is 1. The SMILES string of the molecule is C=CNC(=NC1CCN(C(=O)/C=C/CNC2CCOC2)C1)/C(C(=N)c1ccc(Oc2ccccc2)cc1)=C(\C)N. The molecular weight excluding hydrogens is 504 g/mol. The first kappa shape index (κ1) is 28.8. The number of nitrogens with two attached hydrogens (primary N) is 1. The maximum Gasteiger partial charge on any atom is 0.246 e. The zero-order valence-corrected chi connectivity index (χ0v) is 22.9. The number of aliphatic imine (C=N–C) groups is 1. The summed E-state index contributed by atoms with van der Waals surface area (Å²) in [4.78, 5) is 19.4. The van der Waals surface area contributed by atoms with E-state index in [9.17, 15) is 4.79 Å². The van der Waals surface area contributed by atoms with Gasteiger partial charge in [-0.25, -0.2) is 0 Å². The summed E-state index contributed by atoms with van der Waals surface area (Å²) in [5, 5.41) is 15.4. The van der Waals surface area contributed by atoms with Crippen LogP contribution in [0.15, 0.2) is 95.8 Å². The molecule has 2 aliphatic heterocycles. The first-order chi connectivity index (χ1) is 19.4. The molecule has 0 radical (unpaired) electrons. The van der Waals surface area contributed by atoms with Gasteiger partial charge in [0, 0.05) is 49.6 Å². The summed E-state index contributed by atoms with van der Waals surface area (Å²) in [6.45, 7) is 8.78. The van der Waals surface area contributed by atoms with Gasteiger partial charge in [0.25, 0.3) is 0 Å². The monoisotopic (exact) mass is 542 g/mol. The van der Waals surface area contributed by atoms with Gasteiger partial charge in [0.05, 0.1) is 23.9 Å². The summed E-state index contributed by atoms with van der Waals surface area (Å²) in [5.41, 5.74) is 8.12. The summed E-state index contributed by atoms with van der Waals surface area (Å²) in [6, 6.07) is 17.1. The molecule has 40 heavy (non-hydrogen) atoms. The van der Waals surface area contributed by atoms with Crippen LogP contribution in [0.2, 0.25) is 0 Å². The summed E-state index contributed by atoms with van der Waals surface area (Å²) < 4.78 is 11.2. The summed E-state index contributed by atoms with van der Waals surface area (Å²) in [6.07, 6.45) is 6.72. The molecule has 2 aromatic carbocycles. The van der Waals surface area contributed by atoms with Crippen LogP contribution in [0, 0.1) is 5.41 Å². The van der Waals surface area contributed by atoms with Crippen molar-refractivity contribution in [2.45, 2.75) is 31.8 Å². The molecule has 0 saturated carbocycles. The fourth-order valence-electron chi connectivity index (χ4n) is 4.66. The van der Waals surface area contributed by atoms with Gasteiger partial charge >= 0.3 is 0 Å². The first-order valence-electron chi connectivity index (χ1n) is 13.6. The van der Waals surface area contributed by atoms with Crippen LogP contribution in [0.4, 0.5) is 0 Å². The van der Waals surface area contributed by atoms with Crippen LogP contribution in [0.1, 0.15) is 25.3 Å². The highest BCUT2D eigenvalue weighted by atomic mass is 16.5. The molecule has 2 saturated heterocycles. The highest BCUT2D eigenvalue weighted by Gasteiger charge is 2.26. The van der Waals surface area contributed by atoms with Crippen LogP contribution in [-0.2, 0) is 9.53 Å².